The molecular formula is C9H11NO4. The third kappa shape index (κ3) is 3.02. The number of hydrogen-bond donors (Lipinski definition) is 2. The molecule has 0 aliphatic rings. The first kappa shape index (κ1) is 10.5. The van der Waals surface area contributed by atoms with Crippen molar-refractivity contribution in [3.05, 3.63) is 34.4 Å². The number of amides is 1. The van der Waals surface area contributed by atoms with Gasteiger partial charge in [0.1, 0.15) is 6.26 Å². The third-order valence-corrected chi connectivity index (χ3v) is 1.52. The van der Waals surface area contributed by atoms with E-state index in [9.17, 15) is 9.59 Å². The smallest absolute Gasteiger partial charge is 0.335 e. The normalized spacial score (nSPS) is 12.1. The van der Waals surface area contributed by atoms with Crippen molar-refractivity contribution in [1.82, 2.24) is 5.32 Å². The minimum Gasteiger partial charge on any atom is -0.430 e. The van der Waals surface area contributed by atoms with Gasteiger partial charge in [-0.05, 0) is 13.0 Å². The molecule has 0 fully saturated rings. The minimum atomic E-state index is -0.602. The van der Waals surface area contributed by atoms with Gasteiger partial charge >= 0.3 is 5.63 Å². The van der Waals surface area contributed by atoms with Gasteiger partial charge in [0.2, 0.25) is 0 Å². The van der Waals surface area contributed by atoms with Crippen LogP contribution in [0.2, 0.25) is 0 Å². The molecule has 1 heterocycles. The second kappa shape index (κ2) is 4.57. The van der Waals surface area contributed by atoms with E-state index in [0.717, 1.165) is 12.3 Å². The number of aliphatic hydroxyl groups excluding tert-OH is 1. The molecule has 5 heteroatoms. The number of aliphatic hydroxyl groups is 1. The van der Waals surface area contributed by atoms with Crippen molar-refractivity contribution in [3.63, 3.8) is 0 Å². The fraction of sp³-hybridized carbons (Fsp3) is 0.333. The number of rotatable bonds is 3. The van der Waals surface area contributed by atoms with Gasteiger partial charge in [-0.15, -0.1) is 0 Å². The van der Waals surface area contributed by atoms with Gasteiger partial charge in [-0.25, -0.2) is 4.79 Å². The van der Waals surface area contributed by atoms with Crippen LogP contribution in [-0.4, -0.2) is 23.7 Å². The van der Waals surface area contributed by atoms with Crippen molar-refractivity contribution in [3.8, 4) is 0 Å². The molecule has 5 nitrogen and oxygen atoms in total. The highest BCUT2D eigenvalue weighted by molar-refractivity contribution is 5.93. The number of carbonyl (C=O) groups excluding carboxylic acids is 1. The quantitative estimate of drug-likeness (QED) is 0.700. The van der Waals surface area contributed by atoms with Crippen molar-refractivity contribution in [1.29, 1.82) is 0 Å². The van der Waals surface area contributed by atoms with Crippen molar-refractivity contribution >= 4 is 5.91 Å². The monoisotopic (exact) mass is 197 g/mol. The molecule has 0 saturated carbocycles. The number of carbonyl (C=O) groups is 1. The predicted octanol–water partition coefficient (Wildman–Crippen LogP) is -0.250. The van der Waals surface area contributed by atoms with Crippen LogP contribution in [-0.2, 0) is 0 Å². The zero-order valence-electron chi connectivity index (χ0n) is 7.69. The van der Waals surface area contributed by atoms with Crippen LogP contribution in [0.25, 0.3) is 0 Å². The zero-order chi connectivity index (χ0) is 10.6. The topological polar surface area (TPSA) is 79.5 Å². The van der Waals surface area contributed by atoms with Crippen molar-refractivity contribution in [2.24, 2.45) is 0 Å². The maximum absolute atomic E-state index is 11.3. The molecule has 76 valence electrons. The second-order valence-electron chi connectivity index (χ2n) is 2.90. The van der Waals surface area contributed by atoms with Crippen LogP contribution >= 0.6 is 0 Å². The van der Waals surface area contributed by atoms with Crippen LogP contribution in [0.4, 0.5) is 0 Å². The van der Waals surface area contributed by atoms with Crippen LogP contribution in [0.3, 0.4) is 0 Å². The lowest BCUT2D eigenvalue weighted by molar-refractivity contribution is 0.0921. The average molecular weight is 197 g/mol. The Morgan fingerprint density at radius 3 is 2.86 bits per heavy atom. The molecule has 0 radical (unpaired) electrons. The lowest BCUT2D eigenvalue weighted by Gasteiger charge is -2.05. The molecule has 14 heavy (non-hydrogen) atoms. The molecule has 1 atom stereocenters. The fourth-order valence-corrected chi connectivity index (χ4v) is 0.830. The molecule has 0 unspecified atom stereocenters. The first-order chi connectivity index (χ1) is 6.59. The van der Waals surface area contributed by atoms with E-state index < -0.39 is 11.7 Å². The molecule has 0 aromatic carbocycles. The Morgan fingerprint density at radius 1 is 1.64 bits per heavy atom. The summed E-state index contributed by atoms with van der Waals surface area (Å²) in [5.41, 5.74) is -0.248. The van der Waals surface area contributed by atoms with Gasteiger partial charge in [0, 0.05) is 12.6 Å². The molecule has 1 amide bonds. The van der Waals surface area contributed by atoms with E-state index in [2.05, 4.69) is 9.73 Å². The number of hydrogen-bond acceptors (Lipinski definition) is 4. The SMILES string of the molecule is C[C@H](O)CNC(=O)c1ccc(=O)oc1. The van der Waals surface area contributed by atoms with Crippen molar-refractivity contribution < 1.29 is 14.3 Å². The summed E-state index contributed by atoms with van der Waals surface area (Å²) in [6.45, 7) is 1.73. The van der Waals surface area contributed by atoms with Crippen LogP contribution in [0.1, 0.15) is 17.3 Å². The molecule has 1 rings (SSSR count). The summed E-state index contributed by atoms with van der Waals surface area (Å²) in [5.74, 6) is -0.380. The van der Waals surface area contributed by atoms with Crippen molar-refractivity contribution in [2.45, 2.75) is 13.0 Å². The maximum Gasteiger partial charge on any atom is 0.335 e. The molecule has 1 aromatic heterocycles. The van der Waals surface area contributed by atoms with Crippen LogP contribution < -0.4 is 10.9 Å². The van der Waals surface area contributed by atoms with Gasteiger partial charge in [0.15, 0.2) is 0 Å². The van der Waals surface area contributed by atoms with E-state index in [-0.39, 0.29) is 18.0 Å². The molecular weight excluding hydrogens is 186 g/mol. The third-order valence-electron chi connectivity index (χ3n) is 1.52. The summed E-state index contributed by atoms with van der Waals surface area (Å²) in [6.07, 6.45) is 0.481. The van der Waals surface area contributed by atoms with Gasteiger partial charge in [0.25, 0.3) is 5.91 Å². The largest absolute Gasteiger partial charge is 0.430 e. The highest BCUT2D eigenvalue weighted by Crippen LogP contribution is 1.94. The summed E-state index contributed by atoms with van der Waals surface area (Å²) < 4.78 is 4.51. The molecule has 0 aliphatic carbocycles. The lowest BCUT2D eigenvalue weighted by atomic mass is 10.3. The first-order valence-electron chi connectivity index (χ1n) is 4.14. The summed E-state index contributed by atoms with van der Waals surface area (Å²) in [5, 5.41) is 11.4. The molecule has 2 N–H and O–H groups in total. The summed E-state index contributed by atoms with van der Waals surface area (Å²) in [4.78, 5) is 21.8. The fourth-order valence-electron chi connectivity index (χ4n) is 0.830. The first-order valence-corrected chi connectivity index (χ1v) is 4.14. The Bertz CT molecular complexity index is 349. The van der Waals surface area contributed by atoms with Crippen LogP contribution in [0.5, 0.6) is 0 Å². The molecule has 0 saturated heterocycles. The Kier molecular flexibility index (Phi) is 3.41. The van der Waals surface area contributed by atoms with E-state index in [1.54, 1.807) is 6.92 Å². The highest BCUT2D eigenvalue weighted by atomic mass is 16.4. The lowest BCUT2D eigenvalue weighted by Crippen LogP contribution is -2.30. The standard InChI is InChI=1S/C9H11NO4/c1-6(11)4-10-9(13)7-2-3-8(12)14-5-7/h2-3,5-6,11H,4H2,1H3,(H,10,13)/t6-/m0/s1. The van der Waals surface area contributed by atoms with E-state index in [1.807, 2.05) is 0 Å². The molecule has 1 aromatic rings. The Morgan fingerprint density at radius 2 is 2.36 bits per heavy atom. The predicted molar refractivity (Wildman–Crippen MR) is 49.0 cm³/mol. The minimum absolute atomic E-state index is 0.165. The summed E-state index contributed by atoms with van der Waals surface area (Å²) in [6, 6.07) is 2.53. The zero-order valence-corrected chi connectivity index (χ0v) is 7.69. The van der Waals surface area contributed by atoms with Crippen LogP contribution in [0, 0.1) is 0 Å². The summed E-state index contributed by atoms with van der Waals surface area (Å²) in [7, 11) is 0. The summed E-state index contributed by atoms with van der Waals surface area (Å²) >= 11 is 0. The van der Waals surface area contributed by atoms with E-state index in [4.69, 9.17) is 5.11 Å². The van der Waals surface area contributed by atoms with Gasteiger partial charge in [-0.3, -0.25) is 4.79 Å². The van der Waals surface area contributed by atoms with E-state index in [1.165, 1.54) is 6.07 Å². The second-order valence-corrected chi connectivity index (χ2v) is 2.90. The Labute approximate surface area is 80.4 Å². The maximum atomic E-state index is 11.3. The van der Waals surface area contributed by atoms with E-state index >= 15 is 0 Å². The number of nitrogens with one attached hydrogen (secondary N) is 1. The highest BCUT2D eigenvalue weighted by Gasteiger charge is 2.06. The van der Waals surface area contributed by atoms with Gasteiger partial charge in [-0.2, -0.15) is 0 Å². The van der Waals surface area contributed by atoms with Gasteiger partial charge < -0.3 is 14.8 Å². The van der Waals surface area contributed by atoms with Crippen LogP contribution in [0.15, 0.2) is 27.6 Å². The average Bonchev–Trinajstić information content (AvgIpc) is 2.15. The Hall–Kier alpha value is -1.62. The van der Waals surface area contributed by atoms with E-state index in [0.29, 0.717) is 0 Å². The van der Waals surface area contributed by atoms with Crippen molar-refractivity contribution in [2.75, 3.05) is 6.54 Å². The molecule has 0 bridgehead atoms. The molecule has 0 aliphatic heterocycles. The molecule has 0 spiro atoms. The van der Waals surface area contributed by atoms with Gasteiger partial charge in [-0.1, -0.05) is 0 Å². The Balaban J connectivity index is 2.61. The van der Waals surface area contributed by atoms with Gasteiger partial charge in [0.05, 0.1) is 11.7 Å².